The summed E-state index contributed by atoms with van der Waals surface area (Å²) < 4.78 is 4.39. The third-order valence-corrected chi connectivity index (χ3v) is 12.8. The summed E-state index contributed by atoms with van der Waals surface area (Å²) in [5.74, 6) is -1.05. The first-order valence-electron chi connectivity index (χ1n) is 14.8. The Morgan fingerprint density at radius 2 is 1.36 bits per heavy atom. The summed E-state index contributed by atoms with van der Waals surface area (Å²) >= 11 is 8.10. The van der Waals surface area contributed by atoms with Gasteiger partial charge in [0.05, 0.1) is 31.7 Å². The van der Waals surface area contributed by atoms with E-state index < -0.39 is 26.5 Å². The van der Waals surface area contributed by atoms with Crippen molar-refractivity contribution in [3.8, 4) is 0 Å². The SMILES string of the molecule is CC1CCC(C(C)C)C(OC(=O)c2cccc(N3C(=O)C4C(C3=O)C3(Br)c5ccccc5C4(Br)c4ccccc43)c2)C1. The van der Waals surface area contributed by atoms with Gasteiger partial charge in [0, 0.05) is 0 Å². The van der Waals surface area contributed by atoms with Gasteiger partial charge in [-0.2, -0.15) is 0 Å². The van der Waals surface area contributed by atoms with E-state index in [9.17, 15) is 14.4 Å². The van der Waals surface area contributed by atoms with E-state index in [0.29, 0.717) is 29.0 Å². The summed E-state index contributed by atoms with van der Waals surface area (Å²) in [4.78, 5) is 43.5. The second kappa shape index (κ2) is 9.88. The number of hydrogen-bond donors (Lipinski definition) is 0. The molecule has 1 heterocycles. The van der Waals surface area contributed by atoms with E-state index in [0.717, 1.165) is 41.5 Å². The van der Waals surface area contributed by atoms with Gasteiger partial charge in [-0.15, -0.1) is 0 Å². The average Bonchev–Trinajstić information content (AvgIpc) is 3.26. The molecule has 0 aromatic heterocycles. The number of alkyl halides is 2. The normalized spacial score (nSPS) is 32.9. The predicted molar refractivity (Wildman–Crippen MR) is 169 cm³/mol. The minimum Gasteiger partial charge on any atom is -0.458 e. The monoisotopic (exact) mass is 689 g/mol. The number of hydrogen-bond acceptors (Lipinski definition) is 4. The van der Waals surface area contributed by atoms with Crippen molar-refractivity contribution >= 4 is 55.3 Å². The highest BCUT2D eigenvalue weighted by Crippen LogP contribution is 2.70. The molecule has 5 nitrogen and oxygen atoms in total. The zero-order valence-corrected chi connectivity index (χ0v) is 27.0. The Balaban J connectivity index is 1.26. The Morgan fingerprint density at radius 3 is 1.86 bits per heavy atom. The van der Waals surface area contributed by atoms with Crippen LogP contribution in [0.15, 0.2) is 72.8 Å². The van der Waals surface area contributed by atoms with Crippen LogP contribution in [0.5, 0.6) is 0 Å². The highest BCUT2D eigenvalue weighted by atomic mass is 79.9. The van der Waals surface area contributed by atoms with Crippen molar-refractivity contribution in [2.45, 2.75) is 54.8 Å². The molecule has 2 bridgehead atoms. The van der Waals surface area contributed by atoms with Crippen LogP contribution >= 0.6 is 31.9 Å². The smallest absolute Gasteiger partial charge is 0.338 e. The van der Waals surface area contributed by atoms with Crippen LogP contribution in [-0.4, -0.2) is 23.9 Å². The van der Waals surface area contributed by atoms with Crippen molar-refractivity contribution in [2.75, 3.05) is 4.90 Å². The van der Waals surface area contributed by atoms with Gasteiger partial charge in [-0.3, -0.25) is 9.59 Å². The number of anilines is 1. The molecule has 216 valence electrons. The van der Waals surface area contributed by atoms with Crippen molar-refractivity contribution in [2.24, 2.45) is 29.6 Å². The lowest BCUT2D eigenvalue weighted by molar-refractivity contribution is -0.122. The van der Waals surface area contributed by atoms with Crippen LogP contribution in [0.2, 0.25) is 0 Å². The molecule has 1 aliphatic heterocycles. The lowest BCUT2D eigenvalue weighted by Crippen LogP contribution is -2.56. The molecule has 1 saturated heterocycles. The Hall–Kier alpha value is -2.77. The summed E-state index contributed by atoms with van der Waals surface area (Å²) in [6.45, 7) is 6.57. The van der Waals surface area contributed by atoms with Gasteiger partial charge in [0.15, 0.2) is 0 Å². The molecule has 5 unspecified atom stereocenters. The number of imide groups is 1. The number of benzene rings is 3. The Labute approximate surface area is 263 Å². The Bertz CT molecular complexity index is 1510. The number of amides is 2. The molecule has 2 fully saturated rings. The van der Waals surface area contributed by atoms with Crippen molar-refractivity contribution in [1.82, 2.24) is 0 Å². The molecule has 2 amide bonds. The van der Waals surface area contributed by atoms with Gasteiger partial charge in [-0.25, -0.2) is 9.69 Å². The maximum absolute atomic E-state index is 14.4. The van der Waals surface area contributed by atoms with Crippen LogP contribution < -0.4 is 4.90 Å². The topological polar surface area (TPSA) is 63.7 Å². The lowest BCUT2D eigenvalue weighted by Gasteiger charge is -2.55. The molecule has 8 rings (SSSR count). The van der Waals surface area contributed by atoms with Crippen LogP contribution in [0.4, 0.5) is 5.69 Å². The van der Waals surface area contributed by atoms with E-state index in [-0.39, 0.29) is 17.9 Å². The molecule has 0 spiro atoms. The van der Waals surface area contributed by atoms with E-state index in [2.05, 4.69) is 52.6 Å². The maximum atomic E-state index is 14.4. The van der Waals surface area contributed by atoms with Crippen LogP contribution in [0.25, 0.3) is 0 Å². The molecule has 5 aliphatic rings. The number of nitrogens with zero attached hydrogens (tertiary/aromatic N) is 1. The minimum atomic E-state index is -0.859. The largest absolute Gasteiger partial charge is 0.458 e. The predicted octanol–water partition coefficient (Wildman–Crippen LogP) is 7.71. The Morgan fingerprint density at radius 1 is 0.833 bits per heavy atom. The van der Waals surface area contributed by atoms with Gasteiger partial charge < -0.3 is 4.74 Å². The van der Waals surface area contributed by atoms with E-state index in [4.69, 9.17) is 4.74 Å². The highest BCUT2D eigenvalue weighted by molar-refractivity contribution is 9.10. The first-order chi connectivity index (χ1) is 20.1. The summed E-state index contributed by atoms with van der Waals surface area (Å²) in [5.41, 5.74) is 4.70. The van der Waals surface area contributed by atoms with E-state index >= 15 is 0 Å². The molecule has 4 aliphatic carbocycles. The molecule has 42 heavy (non-hydrogen) atoms. The molecule has 0 N–H and O–H groups in total. The second-order valence-electron chi connectivity index (χ2n) is 12.8. The first kappa shape index (κ1) is 28.0. The highest BCUT2D eigenvalue weighted by Gasteiger charge is 2.72. The van der Waals surface area contributed by atoms with Crippen molar-refractivity contribution in [3.05, 3.63) is 101 Å². The first-order valence-corrected chi connectivity index (χ1v) is 16.4. The van der Waals surface area contributed by atoms with E-state index in [1.54, 1.807) is 24.3 Å². The average molecular weight is 691 g/mol. The van der Waals surface area contributed by atoms with Crippen LogP contribution in [0.3, 0.4) is 0 Å². The Kier molecular flexibility index (Phi) is 6.59. The zero-order valence-electron chi connectivity index (χ0n) is 23.8. The molecular weight excluding hydrogens is 658 g/mol. The van der Waals surface area contributed by atoms with Crippen LogP contribution in [0.1, 0.15) is 72.6 Å². The van der Waals surface area contributed by atoms with Crippen LogP contribution in [0, 0.1) is 29.6 Å². The number of esters is 1. The quantitative estimate of drug-likeness (QED) is 0.160. The summed E-state index contributed by atoms with van der Waals surface area (Å²) in [6.07, 6.45) is 2.90. The molecule has 7 heteroatoms. The summed E-state index contributed by atoms with van der Waals surface area (Å²) in [5, 5.41) is 0. The van der Waals surface area contributed by atoms with E-state index in [1.165, 1.54) is 4.90 Å². The van der Waals surface area contributed by atoms with Gasteiger partial charge in [0.25, 0.3) is 0 Å². The fourth-order valence-electron chi connectivity index (χ4n) is 8.15. The van der Waals surface area contributed by atoms with Gasteiger partial charge >= 0.3 is 5.97 Å². The molecular formula is C35H33Br2NO4. The van der Waals surface area contributed by atoms with Gasteiger partial charge in [-0.1, -0.05) is 114 Å². The fraction of sp³-hybridized carbons (Fsp3) is 0.400. The molecule has 3 aromatic carbocycles. The van der Waals surface area contributed by atoms with Crippen molar-refractivity contribution in [3.63, 3.8) is 0 Å². The van der Waals surface area contributed by atoms with Crippen molar-refractivity contribution < 1.29 is 19.1 Å². The van der Waals surface area contributed by atoms with Gasteiger partial charge in [0.1, 0.15) is 6.10 Å². The zero-order chi connectivity index (χ0) is 29.6. The minimum absolute atomic E-state index is 0.142. The number of ether oxygens (including phenoxy) is 1. The summed E-state index contributed by atoms with van der Waals surface area (Å²) in [6, 6.07) is 22.9. The van der Waals surface area contributed by atoms with Crippen LogP contribution in [-0.2, 0) is 23.0 Å². The second-order valence-corrected chi connectivity index (χ2v) is 15.3. The lowest BCUT2D eigenvalue weighted by atomic mass is 9.54. The number of carbonyl (C=O) groups excluding carboxylic acids is 3. The molecule has 5 atom stereocenters. The number of carbonyl (C=O) groups is 3. The third kappa shape index (κ3) is 3.75. The molecule has 0 radical (unpaired) electrons. The number of rotatable bonds is 4. The van der Waals surface area contributed by atoms with Gasteiger partial charge in [-0.05, 0) is 71.0 Å². The standard InChI is InChI=1S/C35H33Br2NO4/c1-19(2)23-16-15-20(3)17-28(23)42-33(41)21-9-8-10-22(18-21)38-31(39)29-30(32(38)40)35(37)25-12-5-4-11-24(25)34(29,36)26-13-6-7-14-27(26)35/h4-14,18-20,23,28-30H,15-17H2,1-3H3. The van der Waals surface area contributed by atoms with E-state index in [1.807, 2.05) is 48.5 Å². The fourth-order valence-corrected chi connectivity index (χ4v) is 10.5. The summed E-state index contributed by atoms with van der Waals surface area (Å²) in [7, 11) is 0. The molecule has 1 saturated carbocycles. The van der Waals surface area contributed by atoms with Gasteiger partial charge in [0.2, 0.25) is 11.8 Å². The molecule has 3 aromatic rings. The number of halogens is 2. The third-order valence-electron chi connectivity index (χ3n) is 10.1. The van der Waals surface area contributed by atoms with Crippen molar-refractivity contribution in [1.29, 1.82) is 0 Å². The maximum Gasteiger partial charge on any atom is 0.338 e.